The van der Waals surface area contributed by atoms with Crippen LogP contribution < -0.4 is 14.4 Å². The lowest BCUT2D eigenvalue weighted by atomic mass is 10.2. The predicted molar refractivity (Wildman–Crippen MR) is 128 cm³/mol. The Morgan fingerprint density at radius 1 is 1.06 bits per heavy atom. The molecule has 1 N–H and O–H groups in total. The maximum atomic E-state index is 13.3. The first-order valence-corrected chi connectivity index (χ1v) is 11.9. The molecule has 1 atom stereocenters. The van der Waals surface area contributed by atoms with Crippen molar-refractivity contribution in [3.8, 4) is 5.75 Å². The zero-order valence-electron chi connectivity index (χ0n) is 18.7. The number of aryl methyl sites for hydroxylation is 1. The monoisotopic (exact) mass is 483 g/mol. The number of non-ortho nitro benzene ring substituents is 1. The van der Waals surface area contributed by atoms with E-state index in [4.69, 9.17) is 4.74 Å². The van der Waals surface area contributed by atoms with E-state index in [0.717, 1.165) is 15.9 Å². The zero-order valence-corrected chi connectivity index (χ0v) is 19.6. The summed E-state index contributed by atoms with van der Waals surface area (Å²) < 4.78 is 33.2. The summed E-state index contributed by atoms with van der Waals surface area (Å²) in [7, 11) is -4.17. The molecule has 0 aromatic heterocycles. The number of amides is 1. The molecule has 0 aliphatic carbocycles. The number of anilines is 1. The highest BCUT2D eigenvalue weighted by atomic mass is 32.2. The molecule has 0 bridgehead atoms. The van der Waals surface area contributed by atoms with Crippen molar-refractivity contribution in [2.24, 2.45) is 0 Å². The molecule has 0 saturated heterocycles. The van der Waals surface area contributed by atoms with E-state index in [1.54, 1.807) is 25.1 Å². The minimum absolute atomic E-state index is 0.0109. The van der Waals surface area contributed by atoms with Gasteiger partial charge in [0.15, 0.2) is 0 Å². The first-order valence-electron chi connectivity index (χ1n) is 10.5. The summed E-state index contributed by atoms with van der Waals surface area (Å²) >= 11 is 0. The minimum Gasteiger partial charge on any atom is -0.491 e. The van der Waals surface area contributed by atoms with Gasteiger partial charge in [-0.05, 0) is 44.2 Å². The van der Waals surface area contributed by atoms with Crippen molar-refractivity contribution in [3.05, 3.63) is 94.5 Å². The number of carbonyl (C=O) groups excluding carboxylic acids is 1. The number of hydrogen-bond acceptors (Lipinski definition) is 6. The minimum atomic E-state index is -4.17. The third-order valence-electron chi connectivity index (χ3n) is 4.88. The number of nitrogens with one attached hydrogen (secondary N) is 1. The average molecular weight is 484 g/mol. The van der Waals surface area contributed by atoms with Gasteiger partial charge in [0.1, 0.15) is 18.9 Å². The van der Waals surface area contributed by atoms with Crippen LogP contribution in [0.3, 0.4) is 0 Å². The highest BCUT2D eigenvalue weighted by Gasteiger charge is 2.28. The van der Waals surface area contributed by atoms with Gasteiger partial charge in [-0.15, -0.1) is 0 Å². The molecule has 3 rings (SSSR count). The Bertz CT molecular complexity index is 1250. The fourth-order valence-corrected chi connectivity index (χ4v) is 4.58. The normalized spacial score (nSPS) is 11.9. The fourth-order valence-electron chi connectivity index (χ4n) is 3.14. The van der Waals surface area contributed by atoms with Crippen LogP contribution in [0.2, 0.25) is 0 Å². The van der Waals surface area contributed by atoms with Gasteiger partial charge in [0.05, 0.1) is 21.5 Å². The number of rotatable bonds is 10. The Balaban J connectivity index is 1.78. The third kappa shape index (κ3) is 6.32. The van der Waals surface area contributed by atoms with Gasteiger partial charge in [0.25, 0.3) is 15.7 Å². The molecular formula is C24H25N3O6S. The number of hydrogen-bond donors (Lipinski definition) is 1. The lowest BCUT2D eigenvalue weighted by Gasteiger charge is -2.25. The quantitative estimate of drug-likeness (QED) is 0.347. The van der Waals surface area contributed by atoms with Crippen LogP contribution in [-0.4, -0.2) is 38.4 Å². The first kappa shape index (κ1) is 24.7. The van der Waals surface area contributed by atoms with Gasteiger partial charge < -0.3 is 10.1 Å². The van der Waals surface area contributed by atoms with Crippen LogP contribution in [0.15, 0.2) is 83.8 Å². The van der Waals surface area contributed by atoms with Gasteiger partial charge in [-0.2, -0.15) is 0 Å². The second-order valence-corrected chi connectivity index (χ2v) is 9.56. The zero-order chi connectivity index (χ0) is 24.7. The van der Waals surface area contributed by atoms with Crippen molar-refractivity contribution in [2.75, 3.05) is 17.5 Å². The van der Waals surface area contributed by atoms with Crippen LogP contribution in [0.1, 0.15) is 12.5 Å². The van der Waals surface area contributed by atoms with E-state index in [2.05, 4.69) is 5.32 Å². The number of nitrogens with zero attached hydrogens (tertiary/aromatic N) is 2. The van der Waals surface area contributed by atoms with Crippen molar-refractivity contribution in [3.63, 3.8) is 0 Å². The molecule has 0 aliphatic heterocycles. The standard InChI is InChI=1S/C24H25N3O6S/c1-18-11-13-22(14-12-18)33-17-19(2)25-24(28)16-26(20-7-6-8-21(15-20)27(29)30)34(31,32)23-9-4-3-5-10-23/h3-15,19H,16-17H2,1-2H3,(H,25,28). The lowest BCUT2D eigenvalue weighted by Crippen LogP contribution is -2.45. The van der Waals surface area contributed by atoms with Gasteiger partial charge in [-0.1, -0.05) is 42.0 Å². The van der Waals surface area contributed by atoms with Gasteiger partial charge in [0.2, 0.25) is 5.91 Å². The molecule has 0 spiro atoms. The van der Waals surface area contributed by atoms with Gasteiger partial charge in [0, 0.05) is 12.1 Å². The van der Waals surface area contributed by atoms with Crippen LogP contribution in [-0.2, 0) is 14.8 Å². The Morgan fingerprint density at radius 2 is 1.74 bits per heavy atom. The molecule has 1 amide bonds. The van der Waals surface area contributed by atoms with Crippen molar-refractivity contribution >= 4 is 27.3 Å². The molecule has 0 aliphatic rings. The molecule has 0 heterocycles. The van der Waals surface area contributed by atoms with E-state index in [0.29, 0.717) is 5.75 Å². The summed E-state index contributed by atoms with van der Waals surface area (Å²) in [5.41, 5.74) is 0.817. The van der Waals surface area contributed by atoms with Crippen LogP contribution in [0.5, 0.6) is 5.75 Å². The Hall–Kier alpha value is -3.92. The second kappa shape index (κ2) is 10.8. The third-order valence-corrected chi connectivity index (χ3v) is 6.66. The topological polar surface area (TPSA) is 119 Å². The van der Waals surface area contributed by atoms with Crippen LogP contribution in [0, 0.1) is 17.0 Å². The van der Waals surface area contributed by atoms with Crippen LogP contribution >= 0.6 is 0 Å². The maximum Gasteiger partial charge on any atom is 0.271 e. The average Bonchev–Trinajstić information content (AvgIpc) is 2.82. The SMILES string of the molecule is Cc1ccc(OCC(C)NC(=O)CN(c2cccc([N+](=O)[O-])c2)S(=O)(=O)c2ccccc2)cc1. The number of ether oxygens (including phenoxy) is 1. The highest BCUT2D eigenvalue weighted by molar-refractivity contribution is 7.92. The highest BCUT2D eigenvalue weighted by Crippen LogP contribution is 2.26. The van der Waals surface area contributed by atoms with Crippen molar-refractivity contribution in [2.45, 2.75) is 24.8 Å². The van der Waals surface area contributed by atoms with Crippen LogP contribution in [0.25, 0.3) is 0 Å². The number of carbonyl (C=O) groups is 1. The van der Waals surface area contributed by atoms with E-state index in [9.17, 15) is 23.3 Å². The molecule has 9 nitrogen and oxygen atoms in total. The summed E-state index contributed by atoms with van der Waals surface area (Å²) in [4.78, 5) is 23.3. The lowest BCUT2D eigenvalue weighted by molar-refractivity contribution is -0.384. The summed E-state index contributed by atoms with van der Waals surface area (Å²) in [5, 5.41) is 13.9. The van der Waals surface area contributed by atoms with E-state index >= 15 is 0 Å². The Labute approximate surface area is 198 Å². The molecule has 0 saturated carbocycles. The molecule has 0 radical (unpaired) electrons. The van der Waals surface area contributed by atoms with E-state index in [-0.39, 0.29) is 22.9 Å². The van der Waals surface area contributed by atoms with Crippen molar-refractivity contribution < 1.29 is 22.9 Å². The van der Waals surface area contributed by atoms with Crippen molar-refractivity contribution in [1.82, 2.24) is 5.32 Å². The van der Waals surface area contributed by atoms with Crippen molar-refractivity contribution in [1.29, 1.82) is 0 Å². The van der Waals surface area contributed by atoms with Gasteiger partial charge in [-0.25, -0.2) is 8.42 Å². The Kier molecular flexibility index (Phi) is 7.85. The molecular weight excluding hydrogens is 458 g/mol. The van der Waals surface area contributed by atoms with Gasteiger partial charge in [-0.3, -0.25) is 19.2 Å². The fraction of sp³-hybridized carbons (Fsp3) is 0.208. The summed E-state index contributed by atoms with van der Waals surface area (Å²) in [6.45, 7) is 3.31. The summed E-state index contributed by atoms with van der Waals surface area (Å²) in [6, 6.07) is 19.8. The van der Waals surface area contributed by atoms with E-state index in [1.165, 1.54) is 30.3 Å². The molecule has 3 aromatic carbocycles. The number of nitro benzene ring substituents is 1. The smallest absolute Gasteiger partial charge is 0.271 e. The summed E-state index contributed by atoms with van der Waals surface area (Å²) in [5.74, 6) is 0.0718. The molecule has 1 unspecified atom stereocenters. The first-order chi connectivity index (χ1) is 16.2. The molecule has 178 valence electrons. The number of sulfonamides is 1. The molecule has 3 aromatic rings. The number of nitro groups is 1. The second-order valence-electron chi connectivity index (χ2n) is 7.69. The molecule has 34 heavy (non-hydrogen) atoms. The molecule has 10 heteroatoms. The summed E-state index contributed by atoms with van der Waals surface area (Å²) in [6.07, 6.45) is 0. The van der Waals surface area contributed by atoms with E-state index < -0.39 is 33.4 Å². The largest absolute Gasteiger partial charge is 0.491 e. The maximum absolute atomic E-state index is 13.3. The van der Waals surface area contributed by atoms with E-state index in [1.807, 2.05) is 31.2 Å². The van der Waals surface area contributed by atoms with Crippen LogP contribution in [0.4, 0.5) is 11.4 Å². The molecule has 0 fully saturated rings. The number of benzene rings is 3. The van der Waals surface area contributed by atoms with Gasteiger partial charge >= 0.3 is 0 Å². The Morgan fingerprint density at radius 3 is 2.38 bits per heavy atom. The predicted octanol–water partition coefficient (Wildman–Crippen LogP) is 3.68.